The molecule has 0 bridgehead atoms. The minimum Gasteiger partial charge on any atom is -0.396 e. The van der Waals surface area contributed by atoms with Crippen molar-refractivity contribution in [3.63, 3.8) is 0 Å². The third kappa shape index (κ3) is 10.9. The Balaban J connectivity index is 1.76. The first-order chi connectivity index (χ1) is 25.5. The second-order valence-corrected chi connectivity index (χ2v) is 16.4. The SMILES string of the molecule is CC[C@H](C)[C@@H]([C@@H](CC(=O)N1CCC[C@H]1[C@H](OC)[C@@H](C)C(=O)C[C@H](CO)Cc1ccccc1)OC)N(C)C(=O)[C@@H](CC(=O)N1CCNC(=O)C1(C)C)C(C)C. The van der Waals surface area contributed by atoms with Crippen molar-refractivity contribution >= 4 is 29.4 Å². The number of ketones is 1. The molecule has 12 nitrogen and oxygen atoms in total. The minimum atomic E-state index is -1.02. The Bertz CT molecular complexity index is 1400. The minimum absolute atomic E-state index is 0.00632. The molecule has 2 saturated heterocycles. The Labute approximate surface area is 323 Å². The van der Waals surface area contributed by atoms with Crippen molar-refractivity contribution in [2.24, 2.45) is 29.6 Å². The van der Waals surface area contributed by atoms with Gasteiger partial charge in [-0.1, -0.05) is 71.4 Å². The van der Waals surface area contributed by atoms with Crippen LogP contribution in [0.5, 0.6) is 0 Å². The van der Waals surface area contributed by atoms with Gasteiger partial charge < -0.3 is 34.6 Å². The average molecular weight is 757 g/mol. The summed E-state index contributed by atoms with van der Waals surface area (Å²) in [4.78, 5) is 73.4. The molecule has 1 aromatic rings. The van der Waals surface area contributed by atoms with E-state index >= 15 is 0 Å². The molecule has 3 rings (SSSR count). The van der Waals surface area contributed by atoms with E-state index in [2.05, 4.69) is 5.32 Å². The van der Waals surface area contributed by atoms with E-state index in [1.54, 1.807) is 44.9 Å². The van der Waals surface area contributed by atoms with E-state index in [0.29, 0.717) is 32.5 Å². The molecule has 2 aliphatic rings. The molecule has 1 aromatic carbocycles. The van der Waals surface area contributed by atoms with E-state index in [-0.39, 0.29) is 79.1 Å². The molecule has 2 heterocycles. The summed E-state index contributed by atoms with van der Waals surface area (Å²) in [5, 5.41) is 12.9. The third-order valence-corrected chi connectivity index (χ3v) is 12.1. The summed E-state index contributed by atoms with van der Waals surface area (Å²) >= 11 is 0. The number of piperazine rings is 1. The van der Waals surface area contributed by atoms with Gasteiger partial charge in [0.05, 0.1) is 30.7 Å². The van der Waals surface area contributed by atoms with Gasteiger partial charge >= 0.3 is 0 Å². The maximum absolute atomic E-state index is 14.3. The van der Waals surface area contributed by atoms with Crippen LogP contribution in [0.25, 0.3) is 0 Å². The first-order valence-electron chi connectivity index (χ1n) is 19.9. The van der Waals surface area contributed by atoms with Crippen molar-refractivity contribution in [2.75, 3.05) is 47.5 Å². The lowest BCUT2D eigenvalue weighted by Gasteiger charge is -2.43. The highest BCUT2D eigenvalue weighted by molar-refractivity contribution is 5.93. The average Bonchev–Trinajstić information content (AvgIpc) is 3.63. The molecule has 304 valence electrons. The number of nitrogens with zero attached hydrogens (tertiary/aromatic N) is 3. The number of methoxy groups -OCH3 is 2. The number of nitrogens with one attached hydrogen (secondary N) is 1. The maximum atomic E-state index is 14.3. The van der Waals surface area contributed by atoms with Gasteiger partial charge in [-0.25, -0.2) is 0 Å². The number of amides is 4. The molecule has 54 heavy (non-hydrogen) atoms. The lowest BCUT2D eigenvalue weighted by Crippen LogP contribution is -2.63. The maximum Gasteiger partial charge on any atom is 0.245 e. The van der Waals surface area contributed by atoms with Crippen LogP contribution in [0.15, 0.2) is 30.3 Å². The standard InChI is InChI=1S/C42H68N4O8/c1-11-28(4)38(44(8)40(51)32(27(2)3)24-37(50)46-21-19-43-41(52)42(46,6)7)35(53-9)25-36(49)45-20-15-18-33(45)39(54-10)29(5)34(48)23-31(26-47)22-30-16-13-12-14-17-30/h12-14,16-17,27-29,31-33,35,38-39,47H,11,15,18-26H2,1-10H3,(H,43,52)/t28-,29-,31+,32-,33-,35+,38-,39+/m0/s1. The molecule has 8 atom stereocenters. The van der Waals surface area contributed by atoms with Crippen molar-refractivity contribution < 1.29 is 38.6 Å². The van der Waals surface area contributed by atoms with Gasteiger partial charge in [-0.15, -0.1) is 0 Å². The highest BCUT2D eigenvalue weighted by atomic mass is 16.5. The van der Waals surface area contributed by atoms with Crippen LogP contribution >= 0.6 is 0 Å². The van der Waals surface area contributed by atoms with Gasteiger partial charge in [0.15, 0.2) is 0 Å². The molecule has 2 aliphatic heterocycles. The van der Waals surface area contributed by atoms with Gasteiger partial charge in [-0.05, 0) is 56.4 Å². The molecule has 2 fully saturated rings. The van der Waals surface area contributed by atoms with Gasteiger partial charge in [-0.3, -0.25) is 24.0 Å². The molecule has 2 N–H and O–H groups in total. The predicted molar refractivity (Wildman–Crippen MR) is 208 cm³/mol. The Morgan fingerprint density at radius 1 is 0.981 bits per heavy atom. The number of aliphatic hydroxyl groups is 1. The van der Waals surface area contributed by atoms with Crippen molar-refractivity contribution in [1.82, 2.24) is 20.0 Å². The zero-order valence-electron chi connectivity index (χ0n) is 34.5. The molecule has 4 amide bonds. The number of rotatable bonds is 20. The van der Waals surface area contributed by atoms with E-state index in [1.165, 1.54) is 0 Å². The number of carbonyl (C=O) groups excluding carboxylic acids is 5. The summed E-state index contributed by atoms with van der Waals surface area (Å²) in [6.45, 7) is 14.4. The molecular formula is C42H68N4O8. The molecule has 0 radical (unpaired) electrons. The fraction of sp³-hybridized carbons (Fsp3) is 0.738. The molecule has 0 aromatic heterocycles. The molecule has 0 spiro atoms. The van der Waals surface area contributed by atoms with E-state index < -0.39 is 35.6 Å². The first-order valence-corrected chi connectivity index (χ1v) is 19.9. The van der Waals surface area contributed by atoms with Crippen LogP contribution in [0.4, 0.5) is 0 Å². The first kappa shape index (κ1) is 45.0. The third-order valence-electron chi connectivity index (χ3n) is 12.1. The van der Waals surface area contributed by atoms with E-state index in [9.17, 15) is 29.1 Å². The monoisotopic (exact) mass is 757 g/mol. The van der Waals surface area contributed by atoms with Crippen molar-refractivity contribution in [1.29, 1.82) is 0 Å². The Morgan fingerprint density at radius 3 is 2.22 bits per heavy atom. The normalized spacial score (nSPS) is 21.1. The van der Waals surface area contributed by atoms with E-state index in [4.69, 9.17) is 9.47 Å². The Kier molecular flexibility index (Phi) is 17.1. The van der Waals surface area contributed by atoms with Crippen molar-refractivity contribution in [3.8, 4) is 0 Å². The fourth-order valence-corrected chi connectivity index (χ4v) is 8.46. The number of benzene rings is 1. The Hall–Kier alpha value is -3.35. The van der Waals surface area contributed by atoms with Crippen LogP contribution < -0.4 is 5.32 Å². The second-order valence-electron chi connectivity index (χ2n) is 16.4. The largest absolute Gasteiger partial charge is 0.396 e. The van der Waals surface area contributed by atoms with Crippen LogP contribution in [-0.2, 0) is 39.9 Å². The summed E-state index contributed by atoms with van der Waals surface area (Å²) in [7, 11) is 4.88. The summed E-state index contributed by atoms with van der Waals surface area (Å²) in [5.74, 6) is -2.31. The summed E-state index contributed by atoms with van der Waals surface area (Å²) in [6, 6.07) is 9.05. The number of ether oxygens (including phenoxy) is 2. The van der Waals surface area contributed by atoms with E-state index in [0.717, 1.165) is 18.4 Å². The summed E-state index contributed by atoms with van der Waals surface area (Å²) < 4.78 is 12.0. The summed E-state index contributed by atoms with van der Waals surface area (Å²) in [5.41, 5.74) is 0.0469. The Morgan fingerprint density at radius 2 is 1.65 bits per heavy atom. The van der Waals surface area contributed by atoms with Crippen LogP contribution in [0, 0.1) is 29.6 Å². The number of Topliss-reactive ketones (excluding diaryl/α,β-unsaturated/α-hetero) is 1. The number of hydrogen-bond acceptors (Lipinski definition) is 8. The number of likely N-dealkylation sites (N-methyl/N-ethyl adjacent to an activating group) is 1. The molecular weight excluding hydrogens is 688 g/mol. The lowest BCUT2D eigenvalue weighted by atomic mass is 9.85. The molecule has 0 saturated carbocycles. The lowest BCUT2D eigenvalue weighted by molar-refractivity contribution is -0.154. The molecule has 0 aliphatic carbocycles. The fourth-order valence-electron chi connectivity index (χ4n) is 8.46. The molecule has 0 unspecified atom stereocenters. The zero-order chi connectivity index (χ0) is 40.3. The highest BCUT2D eigenvalue weighted by Crippen LogP contribution is 2.32. The number of carbonyl (C=O) groups is 5. The number of hydrogen-bond donors (Lipinski definition) is 2. The zero-order valence-corrected chi connectivity index (χ0v) is 34.5. The van der Waals surface area contributed by atoms with Gasteiger partial charge in [0.1, 0.15) is 11.3 Å². The van der Waals surface area contributed by atoms with Gasteiger partial charge in [0.2, 0.25) is 23.6 Å². The highest BCUT2D eigenvalue weighted by Gasteiger charge is 2.45. The number of aliphatic hydroxyl groups excluding tert-OH is 1. The van der Waals surface area contributed by atoms with Crippen LogP contribution in [0.1, 0.15) is 92.6 Å². The van der Waals surface area contributed by atoms with Gasteiger partial charge in [0, 0.05) is 72.2 Å². The second kappa shape index (κ2) is 20.5. The van der Waals surface area contributed by atoms with Gasteiger partial charge in [0.25, 0.3) is 0 Å². The predicted octanol–water partition coefficient (Wildman–Crippen LogP) is 4.12. The number of likely N-dealkylation sites (tertiary alicyclic amines) is 1. The summed E-state index contributed by atoms with van der Waals surface area (Å²) in [6.07, 6.45) is 1.86. The quantitative estimate of drug-likeness (QED) is 0.202. The smallest absolute Gasteiger partial charge is 0.245 e. The van der Waals surface area contributed by atoms with E-state index in [1.807, 2.05) is 69.9 Å². The molecule has 12 heteroatoms. The topological polar surface area (TPSA) is 146 Å². The van der Waals surface area contributed by atoms with Crippen molar-refractivity contribution in [3.05, 3.63) is 35.9 Å². The van der Waals surface area contributed by atoms with Crippen LogP contribution in [0.3, 0.4) is 0 Å². The van der Waals surface area contributed by atoms with Crippen LogP contribution in [-0.4, -0.2) is 127 Å². The van der Waals surface area contributed by atoms with Crippen molar-refractivity contribution in [2.45, 2.75) is 123 Å². The van der Waals surface area contributed by atoms with Gasteiger partial charge in [-0.2, -0.15) is 0 Å². The van der Waals surface area contributed by atoms with Crippen LogP contribution in [0.2, 0.25) is 0 Å².